The first-order valence-electron chi connectivity index (χ1n) is 8.81. The first kappa shape index (κ1) is 16.3. The van der Waals surface area contributed by atoms with Crippen molar-refractivity contribution in [3.05, 3.63) is 35.9 Å². The summed E-state index contributed by atoms with van der Waals surface area (Å²) < 4.78 is 0. The summed E-state index contributed by atoms with van der Waals surface area (Å²) in [7, 11) is 0. The average Bonchev–Trinajstić information content (AvgIpc) is 3.04. The van der Waals surface area contributed by atoms with Crippen molar-refractivity contribution in [3.63, 3.8) is 0 Å². The molecule has 1 atom stereocenters. The molecule has 1 aromatic carbocycles. The maximum absolute atomic E-state index is 12.1. The molecule has 126 valence electrons. The Hall–Kier alpha value is -1.59. The standard InChI is InChI=1S/C18H28N4O/c23-18(22-12-9-19-10-13-22)20-8-6-17-7-11-21(15-17)14-16-4-2-1-3-5-16/h1-5,17,19H,6-15H2,(H,20,23)/t17-/m1/s1. The lowest BCUT2D eigenvalue weighted by atomic mass is 10.1. The van der Waals surface area contributed by atoms with Gasteiger partial charge in [-0.05, 0) is 30.9 Å². The van der Waals surface area contributed by atoms with Gasteiger partial charge in [0.1, 0.15) is 0 Å². The quantitative estimate of drug-likeness (QED) is 0.866. The zero-order valence-electron chi connectivity index (χ0n) is 13.8. The third-order valence-electron chi connectivity index (χ3n) is 4.85. The normalized spacial score (nSPS) is 22.3. The van der Waals surface area contributed by atoms with Crippen molar-refractivity contribution in [3.8, 4) is 0 Å². The van der Waals surface area contributed by atoms with E-state index in [1.54, 1.807) is 0 Å². The lowest BCUT2D eigenvalue weighted by molar-refractivity contribution is 0.189. The number of nitrogens with one attached hydrogen (secondary N) is 2. The van der Waals surface area contributed by atoms with E-state index in [1.807, 2.05) is 4.90 Å². The third-order valence-corrected chi connectivity index (χ3v) is 4.85. The first-order valence-corrected chi connectivity index (χ1v) is 8.81. The molecule has 0 radical (unpaired) electrons. The van der Waals surface area contributed by atoms with Crippen molar-refractivity contribution in [1.29, 1.82) is 0 Å². The second-order valence-electron chi connectivity index (χ2n) is 6.63. The smallest absolute Gasteiger partial charge is 0.317 e. The van der Waals surface area contributed by atoms with Crippen LogP contribution < -0.4 is 10.6 Å². The predicted molar refractivity (Wildman–Crippen MR) is 92.3 cm³/mol. The minimum Gasteiger partial charge on any atom is -0.338 e. The highest BCUT2D eigenvalue weighted by atomic mass is 16.2. The Balaban J connectivity index is 1.33. The van der Waals surface area contributed by atoms with Crippen LogP contribution in [0.3, 0.4) is 0 Å². The number of piperazine rings is 1. The van der Waals surface area contributed by atoms with E-state index in [9.17, 15) is 4.79 Å². The molecule has 2 amide bonds. The van der Waals surface area contributed by atoms with Gasteiger partial charge in [0.15, 0.2) is 0 Å². The van der Waals surface area contributed by atoms with Crippen LogP contribution in [0.5, 0.6) is 0 Å². The van der Waals surface area contributed by atoms with Gasteiger partial charge in [0, 0.05) is 45.8 Å². The van der Waals surface area contributed by atoms with Crippen LogP contribution in [0.15, 0.2) is 30.3 Å². The van der Waals surface area contributed by atoms with E-state index in [-0.39, 0.29) is 6.03 Å². The Kier molecular flexibility index (Phi) is 5.88. The second-order valence-corrected chi connectivity index (χ2v) is 6.63. The highest BCUT2D eigenvalue weighted by Gasteiger charge is 2.22. The number of rotatable bonds is 5. The molecule has 1 aromatic rings. The molecule has 0 bridgehead atoms. The first-order chi connectivity index (χ1) is 11.3. The molecule has 0 aromatic heterocycles. The summed E-state index contributed by atoms with van der Waals surface area (Å²) in [4.78, 5) is 16.5. The van der Waals surface area contributed by atoms with Gasteiger partial charge >= 0.3 is 6.03 Å². The van der Waals surface area contributed by atoms with Gasteiger partial charge in [-0.2, -0.15) is 0 Å². The molecule has 5 nitrogen and oxygen atoms in total. The van der Waals surface area contributed by atoms with Crippen molar-refractivity contribution in [1.82, 2.24) is 20.4 Å². The van der Waals surface area contributed by atoms with Gasteiger partial charge < -0.3 is 15.5 Å². The van der Waals surface area contributed by atoms with Crippen molar-refractivity contribution >= 4 is 6.03 Å². The average molecular weight is 316 g/mol. The zero-order valence-corrected chi connectivity index (χ0v) is 13.8. The fourth-order valence-electron chi connectivity index (χ4n) is 3.50. The molecule has 5 heteroatoms. The van der Waals surface area contributed by atoms with Crippen LogP contribution in [0.25, 0.3) is 0 Å². The van der Waals surface area contributed by atoms with Crippen molar-refractivity contribution in [2.45, 2.75) is 19.4 Å². The molecule has 0 aliphatic carbocycles. The lowest BCUT2D eigenvalue weighted by Crippen LogP contribution is -2.50. The van der Waals surface area contributed by atoms with Crippen molar-refractivity contribution in [2.24, 2.45) is 5.92 Å². The van der Waals surface area contributed by atoms with Crippen LogP contribution >= 0.6 is 0 Å². The summed E-state index contributed by atoms with van der Waals surface area (Å²) in [6.07, 6.45) is 2.33. The Morgan fingerprint density at radius 3 is 2.74 bits per heavy atom. The number of hydrogen-bond donors (Lipinski definition) is 2. The molecule has 3 rings (SSSR count). The van der Waals surface area contributed by atoms with Gasteiger partial charge in [-0.1, -0.05) is 30.3 Å². The highest BCUT2D eigenvalue weighted by Crippen LogP contribution is 2.21. The van der Waals surface area contributed by atoms with Gasteiger partial charge in [-0.15, -0.1) is 0 Å². The summed E-state index contributed by atoms with van der Waals surface area (Å²) in [5.41, 5.74) is 1.39. The van der Waals surface area contributed by atoms with Crippen molar-refractivity contribution < 1.29 is 4.79 Å². The number of benzene rings is 1. The number of carbonyl (C=O) groups excluding carboxylic acids is 1. The summed E-state index contributed by atoms with van der Waals surface area (Å²) in [6, 6.07) is 10.8. The van der Waals surface area contributed by atoms with Crippen LogP contribution in [-0.4, -0.2) is 61.6 Å². The number of likely N-dealkylation sites (tertiary alicyclic amines) is 1. The molecule has 2 N–H and O–H groups in total. The minimum absolute atomic E-state index is 0.102. The Labute approximate surface area is 139 Å². The number of carbonyl (C=O) groups is 1. The van der Waals surface area contributed by atoms with Gasteiger partial charge in [0.25, 0.3) is 0 Å². The molecule has 2 fully saturated rings. The molecule has 2 saturated heterocycles. The molecule has 2 aliphatic heterocycles. The maximum Gasteiger partial charge on any atom is 0.317 e. The molecule has 0 unspecified atom stereocenters. The van der Waals surface area contributed by atoms with Gasteiger partial charge in [-0.25, -0.2) is 4.79 Å². The predicted octanol–water partition coefficient (Wildman–Crippen LogP) is 1.51. The monoisotopic (exact) mass is 316 g/mol. The van der Waals surface area contributed by atoms with Crippen LogP contribution in [0, 0.1) is 5.92 Å². The third kappa shape index (κ3) is 4.94. The highest BCUT2D eigenvalue weighted by molar-refractivity contribution is 5.74. The SMILES string of the molecule is O=C(NCC[C@@H]1CCN(Cc2ccccc2)C1)N1CCNCC1. The van der Waals surface area contributed by atoms with E-state index in [0.29, 0.717) is 5.92 Å². The molecule has 2 heterocycles. The number of nitrogens with zero attached hydrogens (tertiary/aromatic N) is 2. The fourth-order valence-corrected chi connectivity index (χ4v) is 3.50. The Bertz CT molecular complexity index is 487. The summed E-state index contributed by atoms with van der Waals surface area (Å²) in [5.74, 6) is 0.710. The topological polar surface area (TPSA) is 47.6 Å². The fraction of sp³-hybridized carbons (Fsp3) is 0.611. The Morgan fingerprint density at radius 2 is 1.96 bits per heavy atom. The molecular formula is C18H28N4O. The lowest BCUT2D eigenvalue weighted by Gasteiger charge is -2.27. The van der Waals surface area contributed by atoms with E-state index < -0.39 is 0 Å². The second kappa shape index (κ2) is 8.31. The van der Waals surface area contributed by atoms with E-state index >= 15 is 0 Å². The van der Waals surface area contributed by atoms with Gasteiger partial charge in [-0.3, -0.25) is 4.90 Å². The maximum atomic E-state index is 12.1. The largest absolute Gasteiger partial charge is 0.338 e. The molecule has 0 saturated carbocycles. The van der Waals surface area contributed by atoms with E-state index in [2.05, 4.69) is 45.9 Å². The van der Waals surface area contributed by atoms with E-state index in [4.69, 9.17) is 0 Å². The van der Waals surface area contributed by atoms with Gasteiger partial charge in [0.05, 0.1) is 0 Å². The van der Waals surface area contributed by atoms with Crippen molar-refractivity contribution in [2.75, 3.05) is 45.8 Å². The molecule has 23 heavy (non-hydrogen) atoms. The van der Waals surface area contributed by atoms with Crippen LogP contribution in [0.2, 0.25) is 0 Å². The van der Waals surface area contributed by atoms with Crippen LogP contribution in [0.1, 0.15) is 18.4 Å². The number of urea groups is 1. The van der Waals surface area contributed by atoms with E-state index in [1.165, 1.54) is 18.5 Å². The van der Waals surface area contributed by atoms with E-state index in [0.717, 1.165) is 52.2 Å². The molecule has 2 aliphatic rings. The molecule has 0 spiro atoms. The van der Waals surface area contributed by atoms with Gasteiger partial charge in [0.2, 0.25) is 0 Å². The summed E-state index contributed by atoms with van der Waals surface area (Å²) >= 11 is 0. The summed E-state index contributed by atoms with van der Waals surface area (Å²) in [6.45, 7) is 7.62. The number of amides is 2. The zero-order chi connectivity index (χ0) is 15.9. The minimum atomic E-state index is 0.102. The molecular weight excluding hydrogens is 288 g/mol. The Morgan fingerprint density at radius 1 is 1.17 bits per heavy atom. The summed E-state index contributed by atoms with van der Waals surface area (Å²) in [5, 5.41) is 6.35. The van der Waals surface area contributed by atoms with Crippen LogP contribution in [0.4, 0.5) is 4.79 Å². The number of hydrogen-bond acceptors (Lipinski definition) is 3. The van der Waals surface area contributed by atoms with Crippen LogP contribution in [-0.2, 0) is 6.54 Å².